The topological polar surface area (TPSA) is 98.0 Å². The van der Waals surface area contributed by atoms with E-state index in [1.54, 1.807) is 17.5 Å². The summed E-state index contributed by atoms with van der Waals surface area (Å²) in [5, 5.41) is 6.49. The lowest BCUT2D eigenvalue weighted by molar-refractivity contribution is -0.118. The van der Waals surface area contributed by atoms with Gasteiger partial charge in [0.1, 0.15) is 5.69 Å². The molecule has 0 fully saturated rings. The minimum Gasteiger partial charge on any atom is -0.370 e. The molecule has 6 nitrogen and oxygen atoms in total. The van der Waals surface area contributed by atoms with Gasteiger partial charge in [-0.05, 0) is 25.2 Å². The Morgan fingerprint density at radius 3 is 2.68 bits per heavy atom. The highest BCUT2D eigenvalue weighted by Gasteiger charge is 2.20. The zero-order valence-corrected chi connectivity index (χ0v) is 16.2. The van der Waals surface area contributed by atoms with Gasteiger partial charge in [-0.3, -0.25) is 9.59 Å². The second-order valence-corrected chi connectivity index (χ2v) is 8.24. The maximum Gasteiger partial charge on any atom is 0.271 e. The molecule has 0 atom stereocenters. The molecular weight excluding hydrogens is 356 g/mol. The van der Waals surface area contributed by atoms with Crippen molar-refractivity contribution in [3.63, 3.8) is 0 Å². The van der Waals surface area contributed by atoms with Gasteiger partial charge < -0.3 is 11.1 Å². The molecule has 2 rings (SSSR count). The van der Waals surface area contributed by atoms with Gasteiger partial charge in [0.2, 0.25) is 5.91 Å². The first-order chi connectivity index (χ1) is 12.0. The van der Waals surface area contributed by atoms with Crippen molar-refractivity contribution in [3.8, 4) is 10.0 Å². The van der Waals surface area contributed by atoms with Gasteiger partial charge >= 0.3 is 0 Å². The lowest BCUT2D eigenvalue weighted by Crippen LogP contribution is -2.26. The predicted octanol–water partition coefficient (Wildman–Crippen LogP) is 3.24. The Labute approximate surface area is 155 Å². The van der Waals surface area contributed by atoms with E-state index in [9.17, 15) is 9.59 Å². The Morgan fingerprint density at radius 2 is 2.04 bits per heavy atom. The molecule has 2 amide bonds. The zero-order chi connectivity index (χ0) is 18.2. The van der Waals surface area contributed by atoms with E-state index in [0.29, 0.717) is 24.6 Å². The number of aromatic nitrogens is 2. The van der Waals surface area contributed by atoms with Crippen LogP contribution in [0.1, 0.15) is 54.9 Å². The molecule has 25 heavy (non-hydrogen) atoms. The maximum absolute atomic E-state index is 12.5. The van der Waals surface area contributed by atoms with Crippen molar-refractivity contribution >= 4 is 34.5 Å². The summed E-state index contributed by atoms with van der Waals surface area (Å²) in [6.45, 7) is 4.83. The summed E-state index contributed by atoms with van der Waals surface area (Å²) in [7, 11) is 0. The standard InChI is InChI=1S/C17H24N4O2S2/c1-11(2)10-12-14(21-17(25-12)16-20-8-9-24-16)15(23)19-7-5-3-4-6-13(18)22/h8-9,11H,3-7,10H2,1-2H3,(H2,18,22)(H,19,23). The van der Waals surface area contributed by atoms with Gasteiger partial charge in [-0.25, -0.2) is 9.97 Å². The van der Waals surface area contributed by atoms with Crippen LogP contribution >= 0.6 is 22.7 Å². The third kappa shape index (κ3) is 6.21. The Hall–Kier alpha value is -1.80. The molecule has 0 saturated carbocycles. The van der Waals surface area contributed by atoms with E-state index in [0.717, 1.165) is 40.6 Å². The summed E-state index contributed by atoms with van der Waals surface area (Å²) < 4.78 is 0. The SMILES string of the molecule is CC(C)Cc1sc(-c2nccs2)nc1C(=O)NCCCCCC(N)=O. The van der Waals surface area contributed by atoms with Crippen molar-refractivity contribution < 1.29 is 9.59 Å². The fraction of sp³-hybridized carbons (Fsp3) is 0.529. The quantitative estimate of drug-likeness (QED) is 0.618. The van der Waals surface area contributed by atoms with Crippen LogP contribution in [0.3, 0.4) is 0 Å². The summed E-state index contributed by atoms with van der Waals surface area (Å²) >= 11 is 3.07. The molecule has 0 aliphatic heterocycles. The minimum absolute atomic E-state index is 0.135. The van der Waals surface area contributed by atoms with Gasteiger partial charge in [0, 0.05) is 29.4 Å². The Kier molecular flexibility index (Phi) is 7.52. The first kappa shape index (κ1) is 19.5. The zero-order valence-electron chi connectivity index (χ0n) is 14.6. The minimum atomic E-state index is -0.278. The summed E-state index contributed by atoms with van der Waals surface area (Å²) in [6, 6.07) is 0. The molecule has 0 saturated heterocycles. The number of rotatable bonds is 10. The van der Waals surface area contributed by atoms with Crippen molar-refractivity contribution in [2.75, 3.05) is 6.54 Å². The number of carbonyl (C=O) groups excluding carboxylic acids is 2. The molecule has 136 valence electrons. The van der Waals surface area contributed by atoms with Crippen LogP contribution < -0.4 is 11.1 Å². The average Bonchev–Trinajstić information content (AvgIpc) is 3.19. The molecule has 0 aliphatic carbocycles. The number of amides is 2. The predicted molar refractivity (Wildman–Crippen MR) is 102 cm³/mol. The number of carbonyl (C=O) groups is 2. The van der Waals surface area contributed by atoms with Gasteiger partial charge in [0.25, 0.3) is 5.91 Å². The smallest absolute Gasteiger partial charge is 0.271 e. The molecule has 0 aromatic carbocycles. The fourth-order valence-corrected chi connectivity index (χ4v) is 4.30. The molecule has 3 N–H and O–H groups in total. The molecule has 2 aromatic rings. The summed E-state index contributed by atoms with van der Waals surface area (Å²) in [5.41, 5.74) is 5.63. The average molecular weight is 381 g/mol. The number of primary amides is 1. The van der Waals surface area contributed by atoms with Crippen molar-refractivity contribution in [1.82, 2.24) is 15.3 Å². The molecule has 2 aromatic heterocycles. The third-order valence-corrected chi connectivity index (χ3v) is 5.50. The molecule has 0 radical (unpaired) electrons. The number of thiazole rings is 2. The van der Waals surface area contributed by atoms with Gasteiger partial charge in [-0.15, -0.1) is 22.7 Å². The van der Waals surface area contributed by atoms with E-state index in [-0.39, 0.29) is 11.8 Å². The molecule has 2 heterocycles. The first-order valence-electron chi connectivity index (χ1n) is 8.43. The maximum atomic E-state index is 12.5. The second-order valence-electron chi connectivity index (χ2n) is 6.26. The number of hydrogen-bond acceptors (Lipinski definition) is 6. The lowest BCUT2D eigenvalue weighted by atomic mass is 10.1. The van der Waals surface area contributed by atoms with Gasteiger partial charge in [-0.1, -0.05) is 20.3 Å². The monoisotopic (exact) mass is 380 g/mol. The van der Waals surface area contributed by atoms with Crippen molar-refractivity contribution in [2.45, 2.75) is 46.0 Å². The van der Waals surface area contributed by atoms with E-state index < -0.39 is 0 Å². The number of nitrogens with zero attached hydrogens (tertiary/aromatic N) is 2. The normalized spacial score (nSPS) is 11.0. The number of unbranched alkanes of at least 4 members (excludes halogenated alkanes) is 2. The van der Waals surface area contributed by atoms with E-state index >= 15 is 0 Å². The van der Waals surface area contributed by atoms with E-state index in [4.69, 9.17) is 5.73 Å². The van der Waals surface area contributed by atoms with Crippen LogP contribution in [0, 0.1) is 5.92 Å². The summed E-state index contributed by atoms with van der Waals surface area (Å²) in [5.74, 6) is 0.0362. The molecule has 0 unspecified atom stereocenters. The van der Waals surface area contributed by atoms with Crippen molar-refractivity contribution in [3.05, 3.63) is 22.1 Å². The third-order valence-electron chi connectivity index (χ3n) is 3.51. The highest BCUT2D eigenvalue weighted by Crippen LogP contribution is 2.31. The van der Waals surface area contributed by atoms with Crippen LogP contribution in [-0.4, -0.2) is 28.3 Å². The van der Waals surface area contributed by atoms with Crippen LogP contribution in [0.15, 0.2) is 11.6 Å². The molecular formula is C17H24N4O2S2. The number of hydrogen-bond donors (Lipinski definition) is 2. The van der Waals surface area contributed by atoms with Crippen LogP contribution in [0.2, 0.25) is 0 Å². The molecule has 0 spiro atoms. The van der Waals surface area contributed by atoms with E-state index in [1.807, 2.05) is 5.38 Å². The second kappa shape index (κ2) is 9.62. The largest absolute Gasteiger partial charge is 0.370 e. The van der Waals surface area contributed by atoms with Crippen molar-refractivity contribution in [1.29, 1.82) is 0 Å². The Morgan fingerprint density at radius 1 is 1.24 bits per heavy atom. The lowest BCUT2D eigenvalue weighted by Gasteiger charge is -2.06. The van der Waals surface area contributed by atoms with Crippen LogP contribution in [0.25, 0.3) is 10.0 Å². The highest BCUT2D eigenvalue weighted by atomic mass is 32.1. The Balaban J connectivity index is 1.96. The van der Waals surface area contributed by atoms with Crippen molar-refractivity contribution in [2.24, 2.45) is 11.7 Å². The number of nitrogens with one attached hydrogen (secondary N) is 1. The summed E-state index contributed by atoms with van der Waals surface area (Å²) in [6.07, 6.45) is 5.41. The van der Waals surface area contributed by atoms with Crippen LogP contribution in [0.5, 0.6) is 0 Å². The van der Waals surface area contributed by atoms with Crippen LogP contribution in [0.4, 0.5) is 0 Å². The van der Waals surface area contributed by atoms with Gasteiger partial charge in [0.05, 0.1) is 0 Å². The fourth-order valence-electron chi connectivity index (χ4n) is 2.35. The Bertz CT molecular complexity index is 696. The molecule has 0 bridgehead atoms. The molecule has 8 heteroatoms. The molecule has 0 aliphatic rings. The highest BCUT2D eigenvalue weighted by molar-refractivity contribution is 7.20. The number of nitrogens with two attached hydrogens (primary N) is 1. The van der Waals surface area contributed by atoms with E-state index in [1.165, 1.54) is 11.3 Å². The van der Waals surface area contributed by atoms with Gasteiger partial charge in [0.15, 0.2) is 10.0 Å². The van der Waals surface area contributed by atoms with E-state index in [2.05, 4.69) is 29.1 Å². The van der Waals surface area contributed by atoms with Gasteiger partial charge in [-0.2, -0.15) is 0 Å². The summed E-state index contributed by atoms with van der Waals surface area (Å²) in [4.78, 5) is 33.0. The van der Waals surface area contributed by atoms with Crippen LogP contribution in [-0.2, 0) is 11.2 Å². The first-order valence-corrected chi connectivity index (χ1v) is 10.1.